The number of quaternary nitrogens is 1. The van der Waals surface area contributed by atoms with E-state index < -0.39 is 12.0 Å². The standard InChI is InChI=1S/C19H38N2O3/c1-4-5-6-7-8-9-10-11-12-15-18(22)21(2,3)17(19(23)24)14-13-16-20/h17H,4-16,20H2,1-3H3/p+1. The van der Waals surface area contributed by atoms with Crippen LogP contribution in [0.5, 0.6) is 0 Å². The molecule has 0 radical (unpaired) electrons. The van der Waals surface area contributed by atoms with Crippen LogP contribution in [-0.2, 0) is 9.59 Å². The van der Waals surface area contributed by atoms with Crippen LogP contribution in [0.1, 0.15) is 84.0 Å². The van der Waals surface area contributed by atoms with Crippen LogP contribution in [0.3, 0.4) is 0 Å². The van der Waals surface area contributed by atoms with E-state index in [1.54, 1.807) is 14.1 Å². The van der Waals surface area contributed by atoms with Crippen molar-refractivity contribution in [1.29, 1.82) is 0 Å². The number of carboxylic acid groups (broad SMARTS) is 1. The van der Waals surface area contributed by atoms with Crippen LogP contribution in [0.15, 0.2) is 0 Å². The summed E-state index contributed by atoms with van der Waals surface area (Å²) in [5.74, 6) is -0.892. The van der Waals surface area contributed by atoms with Crippen molar-refractivity contribution in [3.63, 3.8) is 0 Å². The van der Waals surface area contributed by atoms with E-state index >= 15 is 0 Å². The lowest BCUT2D eigenvalue weighted by Gasteiger charge is -2.33. The average Bonchev–Trinajstić information content (AvgIpc) is 2.52. The van der Waals surface area contributed by atoms with Crippen LogP contribution >= 0.6 is 0 Å². The van der Waals surface area contributed by atoms with Gasteiger partial charge in [-0.1, -0.05) is 58.3 Å². The van der Waals surface area contributed by atoms with Gasteiger partial charge in [-0.3, -0.25) is 4.48 Å². The van der Waals surface area contributed by atoms with Gasteiger partial charge >= 0.3 is 11.9 Å². The molecule has 0 rings (SSSR count). The lowest BCUT2D eigenvalue weighted by molar-refractivity contribution is -0.832. The maximum Gasteiger partial charge on any atom is 0.363 e. The summed E-state index contributed by atoms with van der Waals surface area (Å²) in [7, 11) is 3.43. The molecular weight excluding hydrogens is 304 g/mol. The van der Waals surface area contributed by atoms with E-state index in [-0.39, 0.29) is 10.4 Å². The lowest BCUT2D eigenvalue weighted by Crippen LogP contribution is -2.56. The molecule has 0 aromatic rings. The van der Waals surface area contributed by atoms with Crippen LogP contribution in [0.25, 0.3) is 0 Å². The summed E-state index contributed by atoms with van der Waals surface area (Å²) in [6.07, 6.45) is 12.4. The number of rotatable bonds is 15. The molecule has 0 spiro atoms. The van der Waals surface area contributed by atoms with E-state index in [9.17, 15) is 14.7 Å². The minimum absolute atomic E-state index is 0.0161. The molecule has 0 saturated carbocycles. The molecule has 24 heavy (non-hydrogen) atoms. The van der Waals surface area contributed by atoms with Gasteiger partial charge in [-0.2, -0.15) is 0 Å². The molecule has 0 aliphatic heterocycles. The predicted molar refractivity (Wildman–Crippen MR) is 98.7 cm³/mol. The Morgan fingerprint density at radius 2 is 1.42 bits per heavy atom. The van der Waals surface area contributed by atoms with Crippen molar-refractivity contribution < 1.29 is 19.2 Å². The zero-order valence-electron chi connectivity index (χ0n) is 16.1. The summed E-state index contributed by atoms with van der Waals surface area (Å²) < 4.78 is -0.0770. The Labute approximate surface area is 148 Å². The molecule has 1 unspecified atom stereocenters. The zero-order chi connectivity index (χ0) is 18.4. The first-order valence-electron chi connectivity index (χ1n) is 9.67. The third-order valence-electron chi connectivity index (χ3n) is 4.88. The fraction of sp³-hybridized carbons (Fsp3) is 0.895. The second kappa shape index (κ2) is 13.4. The highest BCUT2D eigenvalue weighted by molar-refractivity contribution is 5.77. The number of hydrogen-bond acceptors (Lipinski definition) is 3. The molecule has 0 bridgehead atoms. The summed E-state index contributed by atoms with van der Waals surface area (Å²) in [6.45, 7) is 2.68. The number of nitrogens with zero attached hydrogens (tertiary/aromatic N) is 1. The Morgan fingerprint density at radius 1 is 0.917 bits per heavy atom. The Bertz CT molecular complexity index is 357. The van der Waals surface area contributed by atoms with Crippen LogP contribution in [0.2, 0.25) is 0 Å². The molecule has 3 N–H and O–H groups in total. The monoisotopic (exact) mass is 343 g/mol. The smallest absolute Gasteiger partial charge is 0.363 e. The summed E-state index contributed by atoms with van der Waals surface area (Å²) in [4.78, 5) is 23.9. The minimum atomic E-state index is -0.908. The molecule has 5 heteroatoms. The van der Waals surface area contributed by atoms with Crippen molar-refractivity contribution in [1.82, 2.24) is 0 Å². The number of carbonyl (C=O) groups is 2. The largest absolute Gasteiger partial charge is 0.477 e. The van der Waals surface area contributed by atoms with E-state index in [0.717, 1.165) is 12.8 Å². The second-order valence-corrected chi connectivity index (χ2v) is 7.30. The molecule has 1 amide bonds. The van der Waals surface area contributed by atoms with Gasteiger partial charge in [0.2, 0.25) is 0 Å². The van der Waals surface area contributed by atoms with Crippen LogP contribution in [-0.4, -0.2) is 48.1 Å². The van der Waals surface area contributed by atoms with Gasteiger partial charge in [-0.05, 0) is 19.4 Å². The number of likely N-dealkylation sites (N-methyl/N-ethyl adjacent to an activating group) is 1. The number of nitrogens with two attached hydrogens (primary N) is 1. The van der Waals surface area contributed by atoms with Crippen LogP contribution in [0.4, 0.5) is 0 Å². The van der Waals surface area contributed by atoms with E-state index in [4.69, 9.17) is 5.73 Å². The van der Waals surface area contributed by atoms with Crippen molar-refractivity contribution in [2.75, 3.05) is 20.6 Å². The van der Waals surface area contributed by atoms with Gasteiger partial charge in [0.25, 0.3) is 0 Å². The number of aliphatic carboxylic acids is 1. The highest BCUT2D eigenvalue weighted by Crippen LogP contribution is 2.18. The number of amides is 1. The Morgan fingerprint density at radius 3 is 1.88 bits per heavy atom. The zero-order valence-corrected chi connectivity index (χ0v) is 16.1. The van der Waals surface area contributed by atoms with E-state index in [1.165, 1.54) is 44.9 Å². The molecule has 0 aromatic carbocycles. The van der Waals surface area contributed by atoms with Crippen molar-refractivity contribution in [2.45, 2.75) is 90.0 Å². The van der Waals surface area contributed by atoms with Gasteiger partial charge in [-0.25, -0.2) is 9.59 Å². The van der Waals surface area contributed by atoms with Crippen molar-refractivity contribution in [2.24, 2.45) is 5.73 Å². The first-order chi connectivity index (χ1) is 11.4. The molecule has 0 saturated heterocycles. The molecular formula is C19H39N2O3+. The van der Waals surface area contributed by atoms with Crippen molar-refractivity contribution >= 4 is 11.9 Å². The summed E-state index contributed by atoms with van der Waals surface area (Å²) >= 11 is 0. The summed E-state index contributed by atoms with van der Waals surface area (Å²) in [5.41, 5.74) is 5.48. The third kappa shape index (κ3) is 9.38. The number of hydrogen-bond donors (Lipinski definition) is 2. The highest BCUT2D eigenvalue weighted by atomic mass is 16.4. The predicted octanol–water partition coefficient (Wildman–Crippen LogP) is 3.70. The van der Waals surface area contributed by atoms with Gasteiger partial charge < -0.3 is 10.8 Å². The fourth-order valence-electron chi connectivity index (χ4n) is 3.08. The maximum atomic E-state index is 12.5. The number of carbonyl (C=O) groups excluding carboxylic acids is 1. The SMILES string of the molecule is CCCCCCCCCCCC(=O)[N+](C)(C)C(CCCN)C(=O)O. The molecule has 0 aliphatic carbocycles. The average molecular weight is 344 g/mol. The Hall–Kier alpha value is -0.940. The molecule has 1 atom stereocenters. The number of unbranched alkanes of at least 4 members (excludes halogenated alkanes) is 8. The molecule has 0 heterocycles. The maximum absolute atomic E-state index is 12.5. The highest BCUT2D eigenvalue weighted by Gasteiger charge is 2.39. The van der Waals surface area contributed by atoms with E-state index in [0.29, 0.717) is 25.8 Å². The van der Waals surface area contributed by atoms with E-state index in [1.807, 2.05) is 0 Å². The van der Waals surface area contributed by atoms with Crippen LogP contribution < -0.4 is 5.73 Å². The van der Waals surface area contributed by atoms with Crippen molar-refractivity contribution in [3.05, 3.63) is 0 Å². The van der Waals surface area contributed by atoms with Gasteiger partial charge in [0.15, 0.2) is 6.04 Å². The van der Waals surface area contributed by atoms with Gasteiger partial charge in [0, 0.05) is 6.42 Å². The Balaban J connectivity index is 4.04. The molecule has 0 fully saturated rings. The van der Waals surface area contributed by atoms with E-state index in [2.05, 4.69) is 6.92 Å². The Kier molecular flexibility index (Phi) is 12.8. The molecule has 0 aliphatic rings. The topological polar surface area (TPSA) is 80.4 Å². The van der Waals surface area contributed by atoms with Crippen LogP contribution in [0, 0.1) is 0 Å². The quantitative estimate of drug-likeness (QED) is 0.351. The first-order valence-corrected chi connectivity index (χ1v) is 9.67. The van der Waals surface area contributed by atoms with Gasteiger partial charge in [0.1, 0.15) is 0 Å². The number of carboxylic acids is 1. The lowest BCUT2D eigenvalue weighted by atomic mass is 10.0. The normalized spacial score (nSPS) is 13.0. The molecule has 5 nitrogen and oxygen atoms in total. The first kappa shape index (κ1) is 23.1. The minimum Gasteiger partial charge on any atom is -0.477 e. The third-order valence-corrected chi connectivity index (χ3v) is 4.88. The van der Waals surface area contributed by atoms with Gasteiger partial charge in [-0.15, -0.1) is 0 Å². The fourth-order valence-corrected chi connectivity index (χ4v) is 3.08. The second-order valence-electron chi connectivity index (χ2n) is 7.30. The van der Waals surface area contributed by atoms with Crippen molar-refractivity contribution in [3.8, 4) is 0 Å². The molecule has 142 valence electrons. The summed E-state index contributed by atoms with van der Waals surface area (Å²) in [6, 6.07) is -0.695. The molecule has 0 aromatic heterocycles. The summed E-state index contributed by atoms with van der Waals surface area (Å²) in [5, 5.41) is 9.41. The van der Waals surface area contributed by atoms with Gasteiger partial charge in [0.05, 0.1) is 20.5 Å².